The lowest BCUT2D eigenvalue weighted by atomic mass is 9.97. The van der Waals surface area contributed by atoms with Crippen LogP contribution in [0, 0.1) is 5.41 Å². The third-order valence-electron chi connectivity index (χ3n) is 1.52. The van der Waals surface area contributed by atoms with Gasteiger partial charge in [-0.15, -0.1) is 11.3 Å². The molecule has 1 amide bonds. The normalized spacial score (nSPS) is 11.3. The number of amides is 1. The Bertz CT molecular complexity index is 272. The molecule has 0 saturated heterocycles. The number of carbonyl (C=O) groups excluding carboxylic acids is 1. The van der Waals surface area contributed by atoms with Crippen molar-refractivity contribution >= 4 is 17.2 Å². The molecule has 0 bridgehead atoms. The Balaban J connectivity index is 2.44. The second-order valence-corrected chi connectivity index (χ2v) is 5.17. The van der Waals surface area contributed by atoms with Crippen LogP contribution in [0.5, 0.6) is 0 Å². The summed E-state index contributed by atoms with van der Waals surface area (Å²) < 4.78 is 0. The van der Waals surface area contributed by atoms with Crippen molar-refractivity contribution in [2.45, 2.75) is 20.8 Å². The van der Waals surface area contributed by atoms with Crippen LogP contribution in [0.1, 0.15) is 30.4 Å². The first-order valence-corrected chi connectivity index (χ1v) is 5.19. The van der Waals surface area contributed by atoms with E-state index in [4.69, 9.17) is 0 Å². The van der Waals surface area contributed by atoms with Crippen LogP contribution in [0.25, 0.3) is 0 Å². The highest BCUT2D eigenvalue weighted by Crippen LogP contribution is 2.12. The van der Waals surface area contributed by atoms with Gasteiger partial charge in [0.15, 0.2) is 0 Å². The van der Waals surface area contributed by atoms with E-state index in [0.717, 1.165) is 4.88 Å². The smallest absolute Gasteiger partial charge is 0.261 e. The molecule has 0 aliphatic heterocycles. The summed E-state index contributed by atoms with van der Waals surface area (Å²) in [5, 5.41) is 4.81. The minimum absolute atomic E-state index is 0.0323. The zero-order valence-electron chi connectivity index (χ0n) is 8.26. The van der Waals surface area contributed by atoms with Gasteiger partial charge in [0, 0.05) is 6.54 Å². The molecule has 13 heavy (non-hydrogen) atoms. The maximum Gasteiger partial charge on any atom is 0.261 e. The van der Waals surface area contributed by atoms with Crippen LogP contribution in [-0.4, -0.2) is 12.5 Å². The molecule has 72 valence electrons. The van der Waals surface area contributed by atoms with Gasteiger partial charge >= 0.3 is 0 Å². The minimum atomic E-state index is 0.0323. The number of carbonyl (C=O) groups is 1. The SMILES string of the molecule is CC(C)(C)CNC(=O)c1cccs1. The van der Waals surface area contributed by atoms with Crippen molar-refractivity contribution in [1.29, 1.82) is 0 Å². The fourth-order valence-corrected chi connectivity index (χ4v) is 1.48. The molecule has 0 aliphatic rings. The molecular weight excluding hydrogens is 182 g/mol. The van der Waals surface area contributed by atoms with Crippen molar-refractivity contribution in [2.75, 3.05) is 6.54 Å². The zero-order chi connectivity index (χ0) is 9.90. The lowest BCUT2D eigenvalue weighted by Crippen LogP contribution is -2.31. The molecule has 0 spiro atoms. The Labute approximate surface area is 83.0 Å². The summed E-state index contributed by atoms with van der Waals surface area (Å²) in [6, 6.07) is 3.72. The zero-order valence-corrected chi connectivity index (χ0v) is 9.07. The molecule has 1 heterocycles. The summed E-state index contributed by atoms with van der Waals surface area (Å²) in [6.45, 7) is 7.01. The molecule has 1 aromatic heterocycles. The van der Waals surface area contributed by atoms with Gasteiger partial charge in [-0.05, 0) is 16.9 Å². The third-order valence-corrected chi connectivity index (χ3v) is 2.39. The lowest BCUT2D eigenvalue weighted by Gasteiger charge is -2.18. The van der Waals surface area contributed by atoms with E-state index in [1.165, 1.54) is 11.3 Å². The highest BCUT2D eigenvalue weighted by atomic mass is 32.1. The fraction of sp³-hybridized carbons (Fsp3) is 0.500. The monoisotopic (exact) mass is 197 g/mol. The third kappa shape index (κ3) is 3.59. The Kier molecular flexibility index (Phi) is 3.09. The fourth-order valence-electron chi connectivity index (χ4n) is 0.840. The van der Waals surface area contributed by atoms with E-state index in [9.17, 15) is 4.79 Å². The first-order chi connectivity index (χ1) is 5.99. The van der Waals surface area contributed by atoms with Gasteiger partial charge in [-0.25, -0.2) is 0 Å². The van der Waals surface area contributed by atoms with Gasteiger partial charge in [-0.3, -0.25) is 4.79 Å². The second-order valence-electron chi connectivity index (χ2n) is 4.22. The van der Waals surface area contributed by atoms with Gasteiger partial charge in [0.1, 0.15) is 0 Å². The highest BCUT2D eigenvalue weighted by Gasteiger charge is 2.12. The molecule has 0 saturated carbocycles. The van der Waals surface area contributed by atoms with E-state index in [-0.39, 0.29) is 11.3 Å². The van der Waals surface area contributed by atoms with Gasteiger partial charge in [0.25, 0.3) is 5.91 Å². The number of thiophene rings is 1. The Hall–Kier alpha value is -0.830. The van der Waals surface area contributed by atoms with Gasteiger partial charge in [-0.1, -0.05) is 26.8 Å². The van der Waals surface area contributed by atoms with Crippen molar-refractivity contribution in [2.24, 2.45) is 5.41 Å². The standard InChI is InChI=1S/C10H15NOS/c1-10(2,3)7-11-9(12)8-5-4-6-13-8/h4-6H,7H2,1-3H3,(H,11,12). The molecule has 1 aromatic rings. The summed E-state index contributed by atoms with van der Waals surface area (Å²) in [7, 11) is 0. The molecule has 1 N–H and O–H groups in total. The molecule has 0 fully saturated rings. The van der Waals surface area contributed by atoms with Crippen LogP contribution in [-0.2, 0) is 0 Å². The second kappa shape index (κ2) is 3.92. The van der Waals surface area contributed by atoms with Crippen molar-refractivity contribution < 1.29 is 4.79 Å². The van der Waals surface area contributed by atoms with Crippen molar-refractivity contribution in [3.63, 3.8) is 0 Å². The summed E-state index contributed by atoms with van der Waals surface area (Å²) in [5.74, 6) is 0.0323. The van der Waals surface area contributed by atoms with Crippen LogP contribution in [0.3, 0.4) is 0 Å². The first-order valence-electron chi connectivity index (χ1n) is 4.31. The number of hydrogen-bond acceptors (Lipinski definition) is 2. The molecule has 0 unspecified atom stereocenters. The summed E-state index contributed by atoms with van der Waals surface area (Å²) >= 11 is 1.47. The Morgan fingerprint density at radius 2 is 2.23 bits per heavy atom. The quantitative estimate of drug-likeness (QED) is 0.775. The maximum atomic E-state index is 11.5. The van der Waals surface area contributed by atoms with Crippen LogP contribution in [0.15, 0.2) is 17.5 Å². The molecule has 3 heteroatoms. The van der Waals surface area contributed by atoms with E-state index in [0.29, 0.717) is 6.54 Å². The topological polar surface area (TPSA) is 29.1 Å². The van der Waals surface area contributed by atoms with Crippen LogP contribution >= 0.6 is 11.3 Å². The van der Waals surface area contributed by atoms with E-state index in [1.54, 1.807) is 0 Å². The highest BCUT2D eigenvalue weighted by molar-refractivity contribution is 7.12. The number of rotatable bonds is 2. The van der Waals surface area contributed by atoms with Gasteiger partial charge in [0.05, 0.1) is 4.88 Å². The summed E-state index contributed by atoms with van der Waals surface area (Å²) in [4.78, 5) is 12.2. The van der Waals surface area contributed by atoms with Crippen molar-refractivity contribution in [3.05, 3.63) is 22.4 Å². The van der Waals surface area contributed by atoms with Gasteiger partial charge in [0.2, 0.25) is 0 Å². The predicted molar refractivity (Wildman–Crippen MR) is 56.1 cm³/mol. The Morgan fingerprint density at radius 3 is 2.69 bits per heavy atom. The molecule has 0 radical (unpaired) electrons. The number of nitrogens with one attached hydrogen (secondary N) is 1. The van der Waals surface area contributed by atoms with Crippen molar-refractivity contribution in [1.82, 2.24) is 5.32 Å². The molecule has 2 nitrogen and oxygen atoms in total. The maximum absolute atomic E-state index is 11.5. The predicted octanol–water partition coefficient (Wildman–Crippen LogP) is 2.52. The van der Waals surface area contributed by atoms with Crippen LogP contribution in [0.4, 0.5) is 0 Å². The Morgan fingerprint density at radius 1 is 1.54 bits per heavy atom. The van der Waals surface area contributed by atoms with Gasteiger partial charge < -0.3 is 5.32 Å². The molecule has 1 rings (SSSR count). The van der Waals surface area contributed by atoms with Crippen LogP contribution in [0.2, 0.25) is 0 Å². The van der Waals surface area contributed by atoms with Crippen molar-refractivity contribution in [3.8, 4) is 0 Å². The van der Waals surface area contributed by atoms with E-state index < -0.39 is 0 Å². The molecule has 0 aliphatic carbocycles. The minimum Gasteiger partial charge on any atom is -0.351 e. The molecule has 0 atom stereocenters. The van der Waals surface area contributed by atoms with Gasteiger partial charge in [-0.2, -0.15) is 0 Å². The largest absolute Gasteiger partial charge is 0.351 e. The summed E-state index contributed by atoms with van der Waals surface area (Å²) in [6.07, 6.45) is 0. The molecule has 0 aromatic carbocycles. The van der Waals surface area contributed by atoms with E-state index in [2.05, 4.69) is 26.1 Å². The first kappa shape index (κ1) is 10.3. The number of hydrogen-bond donors (Lipinski definition) is 1. The van der Waals surface area contributed by atoms with Crippen LogP contribution < -0.4 is 5.32 Å². The molecular formula is C10H15NOS. The summed E-state index contributed by atoms with van der Waals surface area (Å²) in [5.41, 5.74) is 0.146. The van der Waals surface area contributed by atoms with E-state index in [1.807, 2.05) is 17.5 Å². The average molecular weight is 197 g/mol. The average Bonchev–Trinajstić information content (AvgIpc) is 2.50. The lowest BCUT2D eigenvalue weighted by molar-refractivity contribution is 0.0943. The van der Waals surface area contributed by atoms with E-state index >= 15 is 0 Å².